The second-order valence-electron chi connectivity index (χ2n) is 7.89. The minimum Gasteiger partial charge on any atom is -0.496 e. The number of ether oxygens (including phenoxy) is 1. The fourth-order valence-corrected chi connectivity index (χ4v) is 4.09. The van der Waals surface area contributed by atoms with Crippen LogP contribution in [0.4, 0.5) is 4.39 Å². The molecular formula is C24H26FN3O5. The van der Waals surface area contributed by atoms with E-state index in [9.17, 15) is 19.1 Å². The number of nitrogens with zero attached hydrogens (tertiary/aromatic N) is 2. The van der Waals surface area contributed by atoms with Gasteiger partial charge in [-0.2, -0.15) is 0 Å². The highest BCUT2D eigenvalue weighted by Gasteiger charge is 2.25. The number of hydrogen-bond acceptors (Lipinski definition) is 6. The third kappa shape index (κ3) is 5.15. The normalized spacial score (nSPS) is 13.9. The Bertz CT molecular complexity index is 1200. The van der Waals surface area contributed by atoms with E-state index in [1.54, 1.807) is 22.8 Å². The average molecular weight is 455 g/mol. The van der Waals surface area contributed by atoms with Gasteiger partial charge in [0.2, 0.25) is 0 Å². The molecule has 1 aliphatic heterocycles. The molecule has 8 nitrogen and oxygen atoms in total. The highest BCUT2D eigenvalue weighted by atomic mass is 19.1. The van der Waals surface area contributed by atoms with Crippen LogP contribution in [0, 0.1) is 5.82 Å². The maximum Gasteiger partial charge on any atom is 0.257 e. The van der Waals surface area contributed by atoms with E-state index < -0.39 is 0 Å². The van der Waals surface area contributed by atoms with Crippen LogP contribution in [0.3, 0.4) is 0 Å². The summed E-state index contributed by atoms with van der Waals surface area (Å²) in [5.41, 5.74) is 1.32. The van der Waals surface area contributed by atoms with Crippen molar-refractivity contribution in [2.45, 2.75) is 32.7 Å². The number of carbonyl (C=O) groups is 1. The molecule has 1 aromatic carbocycles. The molecule has 1 aliphatic rings. The van der Waals surface area contributed by atoms with Gasteiger partial charge in [-0.25, -0.2) is 4.39 Å². The van der Waals surface area contributed by atoms with Gasteiger partial charge < -0.3 is 24.1 Å². The Balaban J connectivity index is 1.55. The smallest absolute Gasteiger partial charge is 0.257 e. The molecule has 33 heavy (non-hydrogen) atoms. The standard InChI is InChI=1S/C24H26FN3O5/c1-32-21-12-22(30)28-10-9-27(14-18-5-6-19(15-29)33-18)8-7-20(28)23(21)24(31)26-13-16-3-2-4-17(25)11-16/h2-6,11-12,29H,7-10,13-15H2,1H3,(H,26,31). The zero-order valence-corrected chi connectivity index (χ0v) is 18.3. The van der Waals surface area contributed by atoms with E-state index in [1.165, 1.54) is 25.3 Å². The molecule has 0 fully saturated rings. The third-order valence-electron chi connectivity index (χ3n) is 5.73. The van der Waals surface area contributed by atoms with Crippen molar-refractivity contribution in [3.8, 4) is 5.75 Å². The number of aliphatic hydroxyl groups is 1. The molecule has 4 rings (SSSR count). The van der Waals surface area contributed by atoms with E-state index in [1.807, 2.05) is 6.07 Å². The van der Waals surface area contributed by atoms with Gasteiger partial charge in [0, 0.05) is 44.4 Å². The van der Waals surface area contributed by atoms with Crippen LogP contribution in [-0.2, 0) is 32.7 Å². The van der Waals surface area contributed by atoms with Crippen molar-refractivity contribution in [3.63, 3.8) is 0 Å². The Hall–Kier alpha value is -3.43. The molecule has 3 aromatic rings. The number of nitrogens with one attached hydrogen (secondary N) is 1. The number of rotatable bonds is 7. The van der Waals surface area contributed by atoms with Crippen LogP contribution < -0.4 is 15.6 Å². The number of benzene rings is 1. The van der Waals surface area contributed by atoms with Crippen molar-refractivity contribution in [2.24, 2.45) is 0 Å². The van der Waals surface area contributed by atoms with Crippen LogP contribution in [-0.4, -0.2) is 40.7 Å². The van der Waals surface area contributed by atoms with E-state index in [4.69, 9.17) is 9.15 Å². The number of methoxy groups -OCH3 is 1. The van der Waals surface area contributed by atoms with Gasteiger partial charge in [-0.05, 0) is 29.8 Å². The summed E-state index contributed by atoms with van der Waals surface area (Å²) in [6.45, 7) is 2.13. The molecule has 0 saturated heterocycles. The number of furan rings is 1. The lowest BCUT2D eigenvalue weighted by atomic mass is 10.1. The minimum absolute atomic E-state index is 0.149. The Labute approximate surface area is 190 Å². The average Bonchev–Trinajstić information content (AvgIpc) is 3.16. The molecule has 0 spiro atoms. The number of carbonyl (C=O) groups excluding carboxylic acids is 1. The van der Waals surface area contributed by atoms with Crippen molar-refractivity contribution in [3.05, 3.63) is 87.0 Å². The van der Waals surface area contributed by atoms with Crippen molar-refractivity contribution >= 4 is 5.91 Å². The number of aromatic nitrogens is 1. The fraction of sp³-hybridized carbons (Fsp3) is 0.333. The van der Waals surface area contributed by atoms with Crippen molar-refractivity contribution < 1.29 is 23.4 Å². The zero-order chi connectivity index (χ0) is 23.4. The van der Waals surface area contributed by atoms with Gasteiger partial charge in [-0.3, -0.25) is 14.5 Å². The van der Waals surface area contributed by atoms with Gasteiger partial charge in [-0.1, -0.05) is 12.1 Å². The summed E-state index contributed by atoms with van der Waals surface area (Å²) in [5, 5.41) is 12.0. The second-order valence-corrected chi connectivity index (χ2v) is 7.89. The van der Waals surface area contributed by atoms with E-state index in [2.05, 4.69) is 10.2 Å². The molecule has 2 N–H and O–H groups in total. The zero-order valence-electron chi connectivity index (χ0n) is 18.3. The molecule has 174 valence electrons. The number of halogens is 1. The first kappa shape index (κ1) is 22.8. The first-order valence-electron chi connectivity index (χ1n) is 10.7. The van der Waals surface area contributed by atoms with Crippen molar-refractivity contribution in [2.75, 3.05) is 20.2 Å². The summed E-state index contributed by atoms with van der Waals surface area (Å²) < 4.78 is 26.0. The molecule has 2 aromatic heterocycles. The summed E-state index contributed by atoms with van der Waals surface area (Å²) in [5.74, 6) is 0.688. The SMILES string of the molecule is COc1cc(=O)n2c(c1C(=O)NCc1cccc(F)c1)CCN(Cc1ccc(CO)o1)CC2. The number of hydrogen-bond donors (Lipinski definition) is 2. The van der Waals surface area contributed by atoms with Crippen molar-refractivity contribution in [1.29, 1.82) is 0 Å². The lowest BCUT2D eigenvalue weighted by Crippen LogP contribution is -2.31. The monoisotopic (exact) mass is 455 g/mol. The molecular weight excluding hydrogens is 429 g/mol. The number of pyridine rings is 1. The van der Waals surface area contributed by atoms with E-state index >= 15 is 0 Å². The Kier molecular flexibility index (Phi) is 6.90. The van der Waals surface area contributed by atoms with Gasteiger partial charge in [0.05, 0.1) is 13.7 Å². The van der Waals surface area contributed by atoms with Crippen LogP contribution >= 0.6 is 0 Å². The summed E-state index contributed by atoms with van der Waals surface area (Å²) >= 11 is 0. The topological polar surface area (TPSA) is 96.9 Å². The van der Waals surface area contributed by atoms with Crippen LogP contribution in [0.2, 0.25) is 0 Å². The molecule has 0 radical (unpaired) electrons. The van der Waals surface area contributed by atoms with Crippen LogP contribution in [0.15, 0.2) is 51.7 Å². The van der Waals surface area contributed by atoms with Gasteiger partial charge in [-0.15, -0.1) is 0 Å². The Morgan fingerprint density at radius 1 is 1.18 bits per heavy atom. The number of fused-ring (bicyclic) bond motifs is 1. The molecule has 0 saturated carbocycles. The van der Waals surface area contributed by atoms with Gasteiger partial charge in [0.1, 0.15) is 35.3 Å². The third-order valence-corrected chi connectivity index (χ3v) is 5.73. The first-order valence-corrected chi connectivity index (χ1v) is 10.7. The largest absolute Gasteiger partial charge is 0.496 e. The maximum atomic E-state index is 13.5. The summed E-state index contributed by atoms with van der Waals surface area (Å²) in [6.07, 6.45) is 0.461. The lowest BCUT2D eigenvalue weighted by Gasteiger charge is -2.17. The Morgan fingerprint density at radius 2 is 2.00 bits per heavy atom. The first-order chi connectivity index (χ1) is 16.0. The summed E-state index contributed by atoms with van der Waals surface area (Å²) in [4.78, 5) is 28.0. The molecule has 0 unspecified atom stereocenters. The molecule has 9 heteroatoms. The summed E-state index contributed by atoms with van der Waals surface area (Å²) in [6, 6.07) is 10.9. The van der Waals surface area contributed by atoms with Crippen LogP contribution in [0.1, 0.15) is 33.1 Å². The van der Waals surface area contributed by atoms with Gasteiger partial charge in [0.25, 0.3) is 11.5 Å². The molecule has 0 bridgehead atoms. The lowest BCUT2D eigenvalue weighted by molar-refractivity contribution is 0.0945. The quantitative estimate of drug-likeness (QED) is 0.566. The minimum atomic E-state index is -0.382. The fourth-order valence-electron chi connectivity index (χ4n) is 4.09. The molecule has 1 amide bonds. The van der Waals surface area contributed by atoms with Gasteiger partial charge in [0.15, 0.2) is 0 Å². The Morgan fingerprint density at radius 3 is 2.73 bits per heavy atom. The van der Waals surface area contributed by atoms with E-state index in [-0.39, 0.29) is 36.2 Å². The highest BCUT2D eigenvalue weighted by molar-refractivity contribution is 5.98. The molecule has 0 aliphatic carbocycles. The predicted octanol–water partition coefficient (Wildman–Crippen LogP) is 2.07. The van der Waals surface area contributed by atoms with Crippen LogP contribution in [0.25, 0.3) is 0 Å². The van der Waals surface area contributed by atoms with E-state index in [0.717, 1.165) is 5.76 Å². The molecule has 3 heterocycles. The highest BCUT2D eigenvalue weighted by Crippen LogP contribution is 2.23. The van der Waals surface area contributed by atoms with Crippen LogP contribution in [0.5, 0.6) is 5.75 Å². The number of amides is 1. The van der Waals surface area contributed by atoms with E-state index in [0.29, 0.717) is 55.2 Å². The molecule has 0 atom stereocenters. The maximum absolute atomic E-state index is 13.5. The van der Waals surface area contributed by atoms with Gasteiger partial charge >= 0.3 is 0 Å². The predicted molar refractivity (Wildman–Crippen MR) is 118 cm³/mol. The van der Waals surface area contributed by atoms with Crippen molar-refractivity contribution in [1.82, 2.24) is 14.8 Å². The second kappa shape index (κ2) is 10.0. The number of aliphatic hydroxyl groups excluding tert-OH is 1. The summed E-state index contributed by atoms with van der Waals surface area (Å²) in [7, 11) is 1.42.